The number of sulfonamides is 1. The maximum Gasteiger partial charge on any atom is 0.264 e. The molecule has 25 heavy (non-hydrogen) atoms. The van der Waals surface area contributed by atoms with E-state index >= 15 is 0 Å². The van der Waals surface area contributed by atoms with Crippen molar-refractivity contribution in [3.8, 4) is 0 Å². The van der Waals surface area contributed by atoms with E-state index in [1.54, 1.807) is 19.9 Å². The summed E-state index contributed by atoms with van der Waals surface area (Å²) in [5, 5.41) is 0. The molecule has 2 heterocycles. The van der Waals surface area contributed by atoms with Gasteiger partial charge in [0.15, 0.2) is 0 Å². The summed E-state index contributed by atoms with van der Waals surface area (Å²) in [4.78, 5) is 32.6. The van der Waals surface area contributed by atoms with Gasteiger partial charge in [-0.25, -0.2) is 23.1 Å². The normalized spacial score (nSPS) is 14.9. The first-order valence-corrected chi connectivity index (χ1v) is 9.05. The van der Waals surface area contributed by atoms with Gasteiger partial charge >= 0.3 is 0 Å². The van der Waals surface area contributed by atoms with Crippen LogP contribution in [0.2, 0.25) is 0 Å². The van der Waals surface area contributed by atoms with E-state index in [1.165, 1.54) is 24.3 Å². The second-order valence-electron chi connectivity index (χ2n) is 5.70. The molecule has 1 saturated heterocycles. The Morgan fingerprint density at radius 2 is 1.48 bits per heavy atom. The molecule has 1 aromatic carbocycles. The van der Waals surface area contributed by atoms with E-state index in [0.29, 0.717) is 17.1 Å². The molecule has 0 aliphatic carbocycles. The highest BCUT2D eigenvalue weighted by atomic mass is 32.2. The van der Waals surface area contributed by atoms with Crippen LogP contribution >= 0.6 is 0 Å². The number of aryl methyl sites for hydroxylation is 2. The standard InChI is InChI=1S/C16H16N4O4S/c1-10-9-11(2)18-16(17-10)19-25(23,24)13-5-3-12(4-6-13)20-14(21)7-8-15(20)22/h3-6,9H,7-8H2,1-2H3,(H,17,18,19). The minimum Gasteiger partial charge on any atom is -0.274 e. The predicted octanol–water partition coefficient (Wildman–Crippen LogP) is 1.55. The Balaban J connectivity index is 1.85. The fraction of sp³-hybridized carbons (Fsp3) is 0.250. The first-order chi connectivity index (χ1) is 11.8. The predicted molar refractivity (Wildman–Crippen MR) is 90.5 cm³/mol. The average Bonchev–Trinajstić information content (AvgIpc) is 2.85. The summed E-state index contributed by atoms with van der Waals surface area (Å²) in [6.45, 7) is 3.48. The maximum atomic E-state index is 12.4. The highest BCUT2D eigenvalue weighted by Gasteiger charge is 2.30. The lowest BCUT2D eigenvalue weighted by atomic mass is 10.3. The number of carbonyl (C=O) groups excluding carboxylic acids is 2. The third-order valence-electron chi connectivity index (χ3n) is 3.66. The number of hydrogen-bond acceptors (Lipinski definition) is 6. The van der Waals surface area contributed by atoms with Crippen molar-refractivity contribution in [3.63, 3.8) is 0 Å². The fourth-order valence-electron chi connectivity index (χ4n) is 2.59. The summed E-state index contributed by atoms with van der Waals surface area (Å²) in [6, 6.07) is 7.26. The fourth-order valence-corrected chi connectivity index (χ4v) is 3.53. The van der Waals surface area contributed by atoms with Crippen molar-refractivity contribution in [1.82, 2.24) is 9.97 Å². The van der Waals surface area contributed by atoms with E-state index in [9.17, 15) is 18.0 Å². The molecule has 130 valence electrons. The third kappa shape index (κ3) is 3.50. The van der Waals surface area contributed by atoms with E-state index < -0.39 is 10.0 Å². The highest BCUT2D eigenvalue weighted by Crippen LogP contribution is 2.24. The first-order valence-electron chi connectivity index (χ1n) is 7.57. The number of anilines is 2. The highest BCUT2D eigenvalue weighted by molar-refractivity contribution is 7.92. The molecule has 0 atom stereocenters. The Bertz CT molecular complexity index is 918. The Morgan fingerprint density at radius 1 is 0.960 bits per heavy atom. The number of nitrogens with one attached hydrogen (secondary N) is 1. The second kappa shape index (κ2) is 6.25. The van der Waals surface area contributed by atoms with Crippen molar-refractivity contribution in [2.24, 2.45) is 0 Å². The number of hydrogen-bond donors (Lipinski definition) is 1. The summed E-state index contributed by atoms with van der Waals surface area (Å²) in [5.41, 5.74) is 1.65. The zero-order valence-electron chi connectivity index (χ0n) is 13.7. The van der Waals surface area contributed by atoms with Crippen molar-refractivity contribution in [3.05, 3.63) is 41.7 Å². The van der Waals surface area contributed by atoms with Crippen LogP contribution in [0.3, 0.4) is 0 Å². The molecule has 8 nitrogen and oxygen atoms in total. The number of amides is 2. The van der Waals surface area contributed by atoms with Crippen molar-refractivity contribution >= 4 is 33.5 Å². The van der Waals surface area contributed by atoms with Crippen LogP contribution in [0.4, 0.5) is 11.6 Å². The molecule has 0 saturated carbocycles. The van der Waals surface area contributed by atoms with Crippen LogP contribution in [0.15, 0.2) is 35.2 Å². The van der Waals surface area contributed by atoms with Crippen LogP contribution in [0, 0.1) is 13.8 Å². The van der Waals surface area contributed by atoms with E-state index in [1.807, 2.05) is 0 Å². The monoisotopic (exact) mass is 360 g/mol. The van der Waals surface area contributed by atoms with Crippen LogP contribution in [0.5, 0.6) is 0 Å². The molecule has 0 radical (unpaired) electrons. The number of carbonyl (C=O) groups is 2. The second-order valence-corrected chi connectivity index (χ2v) is 7.38. The van der Waals surface area contributed by atoms with Gasteiger partial charge in [0.2, 0.25) is 17.8 Å². The zero-order valence-corrected chi connectivity index (χ0v) is 14.5. The van der Waals surface area contributed by atoms with Gasteiger partial charge in [-0.1, -0.05) is 0 Å². The van der Waals surface area contributed by atoms with Gasteiger partial charge in [0.25, 0.3) is 10.0 Å². The van der Waals surface area contributed by atoms with Crippen LogP contribution in [0.1, 0.15) is 24.2 Å². The molecule has 3 rings (SSSR count). The summed E-state index contributed by atoms with van der Waals surface area (Å²) < 4.78 is 27.2. The maximum absolute atomic E-state index is 12.4. The lowest BCUT2D eigenvalue weighted by Crippen LogP contribution is -2.28. The summed E-state index contributed by atoms with van der Waals surface area (Å²) >= 11 is 0. The van der Waals surface area contributed by atoms with Gasteiger partial charge in [-0.15, -0.1) is 0 Å². The van der Waals surface area contributed by atoms with Gasteiger partial charge in [-0.3, -0.25) is 14.5 Å². The summed E-state index contributed by atoms with van der Waals surface area (Å²) in [5.74, 6) is -0.587. The topological polar surface area (TPSA) is 109 Å². The molecule has 2 amide bonds. The SMILES string of the molecule is Cc1cc(C)nc(NS(=O)(=O)c2ccc(N3C(=O)CCC3=O)cc2)n1. The molecule has 9 heteroatoms. The quantitative estimate of drug-likeness (QED) is 0.829. The minimum atomic E-state index is -3.88. The van der Waals surface area contributed by atoms with E-state index in [-0.39, 0.29) is 35.5 Å². The van der Waals surface area contributed by atoms with Gasteiger partial charge in [-0.05, 0) is 44.2 Å². The Labute approximate surface area is 145 Å². The number of aromatic nitrogens is 2. The molecule has 1 N–H and O–H groups in total. The third-order valence-corrected chi connectivity index (χ3v) is 5.01. The van der Waals surface area contributed by atoms with Gasteiger partial charge in [0.1, 0.15) is 0 Å². The van der Waals surface area contributed by atoms with Crippen molar-refractivity contribution in [2.45, 2.75) is 31.6 Å². The molecular weight excluding hydrogens is 344 g/mol. The molecule has 1 aliphatic heterocycles. The van der Waals surface area contributed by atoms with Crippen LogP contribution in [-0.2, 0) is 19.6 Å². The number of imide groups is 1. The van der Waals surface area contributed by atoms with Crippen LogP contribution in [-0.4, -0.2) is 30.2 Å². The molecule has 0 spiro atoms. The van der Waals surface area contributed by atoms with Gasteiger partial charge < -0.3 is 0 Å². The molecule has 1 fully saturated rings. The minimum absolute atomic E-state index is 0.00789. The molecular formula is C16H16N4O4S. The molecule has 1 aromatic heterocycles. The lowest BCUT2D eigenvalue weighted by Gasteiger charge is -2.14. The average molecular weight is 360 g/mol. The van der Waals surface area contributed by atoms with Crippen molar-refractivity contribution < 1.29 is 18.0 Å². The lowest BCUT2D eigenvalue weighted by molar-refractivity contribution is -0.121. The van der Waals surface area contributed by atoms with E-state index in [4.69, 9.17) is 0 Å². The molecule has 2 aromatic rings. The number of benzene rings is 1. The largest absolute Gasteiger partial charge is 0.274 e. The number of rotatable bonds is 4. The van der Waals surface area contributed by atoms with Gasteiger partial charge in [-0.2, -0.15) is 0 Å². The van der Waals surface area contributed by atoms with E-state index in [2.05, 4.69) is 14.7 Å². The summed E-state index contributed by atoms with van der Waals surface area (Å²) in [6.07, 6.45) is 0.342. The zero-order chi connectivity index (χ0) is 18.2. The molecule has 1 aliphatic rings. The van der Waals surface area contributed by atoms with Gasteiger partial charge in [0, 0.05) is 24.2 Å². The van der Waals surface area contributed by atoms with Crippen LogP contribution in [0.25, 0.3) is 0 Å². The van der Waals surface area contributed by atoms with Crippen molar-refractivity contribution in [2.75, 3.05) is 9.62 Å². The Kier molecular flexibility index (Phi) is 4.25. The van der Waals surface area contributed by atoms with Gasteiger partial charge in [0.05, 0.1) is 10.6 Å². The first kappa shape index (κ1) is 17.0. The Hall–Kier alpha value is -2.81. The molecule has 0 bridgehead atoms. The van der Waals surface area contributed by atoms with Crippen molar-refractivity contribution in [1.29, 1.82) is 0 Å². The number of nitrogens with zero attached hydrogens (tertiary/aromatic N) is 3. The molecule has 0 unspecified atom stereocenters. The van der Waals surface area contributed by atoms with Crippen LogP contribution < -0.4 is 9.62 Å². The summed E-state index contributed by atoms with van der Waals surface area (Å²) in [7, 11) is -3.88. The smallest absolute Gasteiger partial charge is 0.264 e. The Morgan fingerprint density at radius 3 is 2.00 bits per heavy atom. The van der Waals surface area contributed by atoms with E-state index in [0.717, 1.165) is 4.90 Å².